The number of aliphatic carboxylic acids is 1. The number of hydrogen-bond donors (Lipinski definition) is 7. The third-order valence-electron chi connectivity index (χ3n) is 6.04. The second-order valence-corrected chi connectivity index (χ2v) is 13.1. The van der Waals surface area contributed by atoms with Crippen LogP contribution in [0, 0.1) is 5.41 Å². The number of carbonyl (C=O) groups excluding carboxylic acids is 3. The van der Waals surface area contributed by atoms with Gasteiger partial charge in [-0.2, -0.15) is 13.2 Å². The number of carboxylic acids is 2. The maximum Gasteiger partial charge on any atom is 0.490 e. The van der Waals surface area contributed by atoms with E-state index in [1.165, 1.54) is 24.3 Å². The second kappa shape index (κ2) is 19.7. The lowest BCUT2D eigenvalue weighted by molar-refractivity contribution is -0.192. The molecular weight excluding hydrogens is 713 g/mol. The summed E-state index contributed by atoms with van der Waals surface area (Å²) in [5.74, 6) is -6.15. The zero-order chi connectivity index (χ0) is 40.7. The SMILES string of the molecule is CC(C)(C)OC(=O)CC(NC(=O)CCc1cccc(O)c1OCCCOc1cc(NC(=N)N)ccc1C(=O)O)C(=O)OC(C)(C)C.O=C(O)C(F)(F)F. The molecule has 0 aromatic heterocycles. The zero-order valence-electron chi connectivity index (χ0n) is 30.0. The number of guanidine groups is 1. The van der Waals surface area contributed by atoms with Crippen LogP contribution in [0.1, 0.15) is 76.7 Å². The average molecular weight is 759 g/mol. The van der Waals surface area contributed by atoms with Gasteiger partial charge in [-0.1, -0.05) is 12.1 Å². The number of benzene rings is 2. The standard InChI is InChI=1S/C32H44N4O10.C2HF3O2/c1-31(2,3)45-26(39)18-22(29(42)46-32(4,5)6)36-25(38)14-11-19-9-7-10-23(37)27(19)44-16-8-15-43-24-17-20(35-30(33)34)12-13-21(24)28(40)41;3-2(4,5)1(6)7/h7,9-10,12-13,17,22,37H,8,11,14-16,18H2,1-6H3,(H,36,38)(H,40,41)(H4,33,34,35);(H,6,7). The smallest absolute Gasteiger partial charge is 0.490 e. The van der Waals surface area contributed by atoms with E-state index in [1.54, 1.807) is 53.7 Å². The molecule has 53 heavy (non-hydrogen) atoms. The molecule has 0 aliphatic rings. The molecule has 0 saturated heterocycles. The first-order chi connectivity index (χ1) is 24.3. The summed E-state index contributed by atoms with van der Waals surface area (Å²) in [6.45, 7) is 10.2. The third-order valence-corrected chi connectivity index (χ3v) is 6.04. The molecule has 0 bridgehead atoms. The number of phenolic OH excluding ortho intramolecular Hbond substituents is 1. The van der Waals surface area contributed by atoms with Gasteiger partial charge in [-0.15, -0.1) is 0 Å². The monoisotopic (exact) mass is 758 g/mol. The van der Waals surface area contributed by atoms with Gasteiger partial charge in [0.2, 0.25) is 5.91 Å². The molecule has 2 rings (SSSR count). The first-order valence-corrected chi connectivity index (χ1v) is 15.9. The van der Waals surface area contributed by atoms with Gasteiger partial charge in [0.25, 0.3) is 0 Å². The summed E-state index contributed by atoms with van der Waals surface area (Å²) in [5.41, 5.74) is 4.55. The molecular formula is C34H45F3N4O12. The number of halogens is 3. The average Bonchev–Trinajstić information content (AvgIpc) is 2.98. The summed E-state index contributed by atoms with van der Waals surface area (Å²) in [6.07, 6.45) is -5.15. The highest BCUT2D eigenvalue weighted by Crippen LogP contribution is 2.31. The first-order valence-electron chi connectivity index (χ1n) is 15.9. The number of nitrogens with one attached hydrogen (secondary N) is 3. The quantitative estimate of drug-likeness (QED) is 0.0576. The summed E-state index contributed by atoms with van der Waals surface area (Å²) in [4.78, 5) is 58.6. The Morgan fingerprint density at radius 3 is 2.02 bits per heavy atom. The highest BCUT2D eigenvalue weighted by molar-refractivity contribution is 5.94. The number of rotatable bonds is 15. The summed E-state index contributed by atoms with van der Waals surface area (Å²) >= 11 is 0. The lowest BCUT2D eigenvalue weighted by atomic mass is 10.1. The molecule has 0 radical (unpaired) electrons. The Morgan fingerprint density at radius 2 is 1.49 bits per heavy atom. The van der Waals surface area contributed by atoms with Crippen LogP contribution in [0.3, 0.4) is 0 Å². The van der Waals surface area contributed by atoms with Crippen molar-refractivity contribution < 1.29 is 71.4 Å². The predicted molar refractivity (Wildman–Crippen MR) is 183 cm³/mol. The van der Waals surface area contributed by atoms with E-state index in [4.69, 9.17) is 40.0 Å². The number of para-hydroxylation sites is 1. The fourth-order valence-corrected chi connectivity index (χ4v) is 4.03. The van der Waals surface area contributed by atoms with Crippen LogP contribution >= 0.6 is 0 Å². The van der Waals surface area contributed by atoms with Crippen molar-refractivity contribution in [3.63, 3.8) is 0 Å². The van der Waals surface area contributed by atoms with E-state index < -0.39 is 59.6 Å². The molecule has 2 aromatic rings. The first kappa shape index (κ1) is 45.3. The van der Waals surface area contributed by atoms with Gasteiger partial charge in [-0.3, -0.25) is 15.0 Å². The van der Waals surface area contributed by atoms with Crippen LogP contribution in [0.25, 0.3) is 0 Å². The predicted octanol–water partition coefficient (Wildman–Crippen LogP) is 4.37. The van der Waals surface area contributed by atoms with Crippen molar-refractivity contribution in [3.8, 4) is 17.2 Å². The van der Waals surface area contributed by atoms with Crippen molar-refractivity contribution in [2.45, 2.75) is 90.6 Å². The molecule has 0 aliphatic carbocycles. The Kier molecular flexibility index (Phi) is 16.9. The summed E-state index contributed by atoms with van der Waals surface area (Å²) in [7, 11) is 0. The topological polar surface area (TPSA) is 257 Å². The highest BCUT2D eigenvalue weighted by atomic mass is 19.4. The maximum atomic E-state index is 12.9. The Balaban J connectivity index is 0.00000181. The molecule has 1 unspecified atom stereocenters. The number of carboxylic acid groups (broad SMARTS) is 2. The minimum absolute atomic E-state index is 0.0683. The maximum absolute atomic E-state index is 12.9. The van der Waals surface area contributed by atoms with Crippen molar-refractivity contribution in [3.05, 3.63) is 47.5 Å². The van der Waals surface area contributed by atoms with Crippen molar-refractivity contribution in [2.24, 2.45) is 5.73 Å². The second-order valence-electron chi connectivity index (χ2n) is 13.1. The van der Waals surface area contributed by atoms with E-state index in [-0.39, 0.29) is 54.8 Å². The Hall–Kier alpha value is -5.75. The number of ether oxygens (including phenoxy) is 4. The van der Waals surface area contributed by atoms with Gasteiger partial charge in [0, 0.05) is 24.6 Å². The molecule has 0 spiro atoms. The normalized spacial score (nSPS) is 11.9. The van der Waals surface area contributed by atoms with Crippen molar-refractivity contribution in [2.75, 3.05) is 18.5 Å². The van der Waals surface area contributed by atoms with Crippen LogP contribution in [0.4, 0.5) is 18.9 Å². The molecule has 1 atom stereocenters. The minimum atomic E-state index is -5.08. The molecule has 2 aromatic carbocycles. The largest absolute Gasteiger partial charge is 0.504 e. The number of aryl methyl sites for hydroxylation is 1. The van der Waals surface area contributed by atoms with Crippen molar-refractivity contribution in [1.82, 2.24) is 5.32 Å². The van der Waals surface area contributed by atoms with Crippen LogP contribution < -0.4 is 25.8 Å². The van der Waals surface area contributed by atoms with Crippen LogP contribution in [-0.4, -0.2) is 87.7 Å². The van der Waals surface area contributed by atoms with Gasteiger partial charge in [0.1, 0.15) is 28.6 Å². The van der Waals surface area contributed by atoms with E-state index in [0.29, 0.717) is 17.7 Å². The number of amides is 1. The molecule has 1 amide bonds. The number of hydrogen-bond acceptors (Lipinski definition) is 11. The summed E-state index contributed by atoms with van der Waals surface area (Å²) in [6, 6.07) is 7.65. The number of phenols is 1. The zero-order valence-corrected chi connectivity index (χ0v) is 30.0. The van der Waals surface area contributed by atoms with Crippen LogP contribution in [0.5, 0.6) is 17.2 Å². The van der Waals surface area contributed by atoms with Gasteiger partial charge in [0.15, 0.2) is 17.5 Å². The fourth-order valence-electron chi connectivity index (χ4n) is 4.03. The highest BCUT2D eigenvalue weighted by Gasteiger charge is 2.38. The molecule has 0 heterocycles. The fraction of sp³-hybridized carbons (Fsp3) is 0.471. The van der Waals surface area contributed by atoms with Gasteiger partial charge >= 0.3 is 30.1 Å². The number of aromatic carboxylic acids is 1. The molecule has 0 saturated carbocycles. The minimum Gasteiger partial charge on any atom is -0.504 e. The number of esters is 2. The van der Waals surface area contributed by atoms with Gasteiger partial charge < -0.3 is 50.6 Å². The van der Waals surface area contributed by atoms with E-state index in [2.05, 4.69) is 10.6 Å². The van der Waals surface area contributed by atoms with Gasteiger partial charge in [0.05, 0.1) is 19.6 Å². The molecule has 0 aliphatic heterocycles. The van der Waals surface area contributed by atoms with Gasteiger partial charge in [-0.25, -0.2) is 14.4 Å². The number of aromatic hydroxyl groups is 1. The van der Waals surface area contributed by atoms with Crippen LogP contribution in [0.2, 0.25) is 0 Å². The van der Waals surface area contributed by atoms with Crippen molar-refractivity contribution >= 4 is 41.4 Å². The molecule has 19 heteroatoms. The number of anilines is 1. The number of alkyl halides is 3. The molecule has 294 valence electrons. The lowest BCUT2D eigenvalue weighted by Gasteiger charge is -2.25. The van der Waals surface area contributed by atoms with E-state index in [9.17, 15) is 42.6 Å². The van der Waals surface area contributed by atoms with Crippen molar-refractivity contribution in [1.29, 1.82) is 5.41 Å². The summed E-state index contributed by atoms with van der Waals surface area (Å²) < 4.78 is 53.9. The van der Waals surface area contributed by atoms with E-state index >= 15 is 0 Å². The molecule has 16 nitrogen and oxygen atoms in total. The Morgan fingerprint density at radius 1 is 0.906 bits per heavy atom. The Labute approximate surface area is 303 Å². The third kappa shape index (κ3) is 18.4. The van der Waals surface area contributed by atoms with Crippen LogP contribution in [-0.2, 0) is 35.1 Å². The van der Waals surface area contributed by atoms with Crippen LogP contribution in [0.15, 0.2) is 36.4 Å². The van der Waals surface area contributed by atoms with E-state index in [1.807, 2.05) is 0 Å². The van der Waals surface area contributed by atoms with Gasteiger partial charge in [-0.05, 0) is 71.7 Å². The number of carbonyl (C=O) groups is 5. The lowest BCUT2D eigenvalue weighted by Crippen LogP contribution is -2.46. The Bertz CT molecular complexity index is 1620. The van der Waals surface area contributed by atoms with E-state index in [0.717, 1.165) is 0 Å². The number of nitrogens with two attached hydrogens (primary N) is 1. The molecule has 8 N–H and O–H groups in total. The summed E-state index contributed by atoms with van der Waals surface area (Å²) in [5, 5.41) is 39.5. The molecule has 0 fully saturated rings.